The first-order valence-electron chi connectivity index (χ1n) is 9.82. The number of fused-ring (bicyclic) bond motifs is 5. The van der Waals surface area contributed by atoms with Crippen molar-refractivity contribution in [1.82, 2.24) is 0 Å². The Kier molecular flexibility index (Phi) is 4.36. The van der Waals surface area contributed by atoms with Crippen molar-refractivity contribution in [2.24, 2.45) is 17.3 Å². The van der Waals surface area contributed by atoms with E-state index in [0.29, 0.717) is 35.5 Å². The highest BCUT2D eigenvalue weighted by Gasteiger charge is 2.57. The number of esters is 2. The van der Waals surface area contributed by atoms with E-state index < -0.39 is 0 Å². The zero-order chi connectivity index (χ0) is 19.3. The van der Waals surface area contributed by atoms with E-state index in [-0.39, 0.29) is 29.2 Å². The van der Waals surface area contributed by atoms with E-state index in [2.05, 4.69) is 6.92 Å². The molecule has 5 atom stereocenters. The van der Waals surface area contributed by atoms with Gasteiger partial charge >= 0.3 is 11.9 Å². The molecule has 2 fully saturated rings. The lowest BCUT2D eigenvalue weighted by Gasteiger charge is -2.50. The van der Waals surface area contributed by atoms with Crippen LogP contribution >= 0.6 is 0 Å². The number of benzene rings is 1. The van der Waals surface area contributed by atoms with Crippen LogP contribution in [0, 0.1) is 17.3 Å². The molecule has 2 saturated carbocycles. The minimum absolute atomic E-state index is 0.0382. The average molecular weight is 370 g/mol. The molecule has 1 aromatic carbocycles. The molecule has 0 unspecified atom stereocenters. The van der Waals surface area contributed by atoms with Crippen molar-refractivity contribution in [1.29, 1.82) is 0 Å². The van der Waals surface area contributed by atoms with Gasteiger partial charge in [0.25, 0.3) is 0 Å². The van der Waals surface area contributed by atoms with Crippen molar-refractivity contribution < 1.29 is 23.9 Å². The number of Topliss-reactive ketones (excluding diaryl/α,β-unsaturated/α-hetero) is 1. The van der Waals surface area contributed by atoms with Crippen LogP contribution in [-0.2, 0) is 14.3 Å². The molecule has 0 N–H and O–H groups in total. The smallest absolute Gasteiger partial charge is 0.308 e. The largest absolute Gasteiger partial charge is 0.462 e. The molecule has 0 amide bonds. The SMILES string of the molecule is CC(=O)Oc1ccc2c(c1)C(=O)C[C@@H]1[C@H]3CC[C@H](OC(C)=O)[C@]3(C)CC[C@@H]21. The van der Waals surface area contributed by atoms with Crippen LogP contribution in [0.5, 0.6) is 5.75 Å². The fourth-order valence-electron chi connectivity index (χ4n) is 5.96. The number of carbonyl (C=O) groups is 3. The van der Waals surface area contributed by atoms with E-state index in [1.165, 1.54) is 13.8 Å². The van der Waals surface area contributed by atoms with Gasteiger partial charge in [0, 0.05) is 31.2 Å². The van der Waals surface area contributed by atoms with Crippen LogP contribution in [0.4, 0.5) is 0 Å². The van der Waals surface area contributed by atoms with Gasteiger partial charge in [0.2, 0.25) is 0 Å². The van der Waals surface area contributed by atoms with Crippen molar-refractivity contribution in [3.8, 4) is 5.75 Å². The Morgan fingerprint density at radius 3 is 2.59 bits per heavy atom. The minimum atomic E-state index is -0.382. The Morgan fingerprint density at radius 2 is 1.89 bits per heavy atom. The molecule has 3 aliphatic carbocycles. The third-order valence-corrected chi connectivity index (χ3v) is 7.07. The van der Waals surface area contributed by atoms with Gasteiger partial charge in [-0.2, -0.15) is 0 Å². The standard InChI is InChI=1S/C22H26O5/c1-12(23)26-14-4-5-15-16-8-9-22(3)19(6-7-21(22)27-13(2)24)17(16)11-20(25)18(15)10-14/h4-5,10,16-17,19,21H,6-9,11H2,1-3H3/t16-,17-,19+,21-,22+/m0/s1. The molecular formula is C22H26O5. The summed E-state index contributed by atoms with van der Waals surface area (Å²) in [4.78, 5) is 35.6. The molecule has 1 aromatic rings. The van der Waals surface area contributed by atoms with E-state index in [0.717, 1.165) is 31.2 Å². The van der Waals surface area contributed by atoms with Gasteiger partial charge in [-0.3, -0.25) is 14.4 Å². The maximum atomic E-state index is 12.9. The first-order chi connectivity index (χ1) is 12.8. The van der Waals surface area contributed by atoms with E-state index in [9.17, 15) is 14.4 Å². The lowest BCUT2D eigenvalue weighted by molar-refractivity contribution is -0.154. The van der Waals surface area contributed by atoms with Crippen molar-refractivity contribution in [3.05, 3.63) is 29.3 Å². The fraction of sp³-hybridized carbons (Fsp3) is 0.591. The molecule has 144 valence electrons. The normalized spacial score (nSPS) is 34.3. The van der Waals surface area contributed by atoms with Crippen molar-refractivity contribution in [2.45, 2.75) is 64.9 Å². The Hall–Kier alpha value is -2.17. The highest BCUT2D eigenvalue weighted by Crippen LogP contribution is 2.61. The molecule has 0 spiro atoms. The summed E-state index contributed by atoms with van der Waals surface area (Å²) in [6, 6.07) is 5.48. The van der Waals surface area contributed by atoms with Crippen LogP contribution in [0.1, 0.15) is 74.7 Å². The van der Waals surface area contributed by atoms with Crippen LogP contribution < -0.4 is 4.74 Å². The minimum Gasteiger partial charge on any atom is -0.462 e. The van der Waals surface area contributed by atoms with Gasteiger partial charge in [-0.15, -0.1) is 0 Å². The molecule has 5 nitrogen and oxygen atoms in total. The summed E-state index contributed by atoms with van der Waals surface area (Å²) in [6.45, 7) is 5.07. The second kappa shape index (κ2) is 6.47. The first-order valence-corrected chi connectivity index (χ1v) is 9.82. The topological polar surface area (TPSA) is 69.7 Å². The van der Waals surface area contributed by atoms with Gasteiger partial charge in [-0.25, -0.2) is 0 Å². The predicted molar refractivity (Wildman–Crippen MR) is 98.5 cm³/mol. The van der Waals surface area contributed by atoms with E-state index in [1.807, 2.05) is 6.07 Å². The van der Waals surface area contributed by atoms with Crippen LogP contribution in [0.15, 0.2) is 18.2 Å². The quantitative estimate of drug-likeness (QED) is 0.580. The van der Waals surface area contributed by atoms with Crippen molar-refractivity contribution in [3.63, 3.8) is 0 Å². The Bertz CT molecular complexity index is 813. The fourth-order valence-corrected chi connectivity index (χ4v) is 5.96. The van der Waals surface area contributed by atoms with E-state index >= 15 is 0 Å². The van der Waals surface area contributed by atoms with Crippen LogP contribution in [-0.4, -0.2) is 23.8 Å². The summed E-state index contributed by atoms with van der Waals surface area (Å²) in [5, 5.41) is 0. The highest BCUT2D eigenvalue weighted by molar-refractivity contribution is 5.99. The maximum Gasteiger partial charge on any atom is 0.308 e. The zero-order valence-electron chi connectivity index (χ0n) is 16.1. The molecule has 4 rings (SSSR count). The number of ketones is 1. The molecular weight excluding hydrogens is 344 g/mol. The molecule has 0 heterocycles. The molecule has 3 aliphatic rings. The monoisotopic (exact) mass is 370 g/mol. The number of hydrogen-bond donors (Lipinski definition) is 0. The van der Waals surface area contributed by atoms with Crippen LogP contribution in [0.25, 0.3) is 0 Å². The van der Waals surface area contributed by atoms with Gasteiger partial charge in [0.15, 0.2) is 5.78 Å². The van der Waals surface area contributed by atoms with Crippen molar-refractivity contribution in [2.75, 3.05) is 0 Å². The number of rotatable bonds is 2. The summed E-state index contributed by atoms with van der Waals surface area (Å²) >= 11 is 0. The predicted octanol–water partition coefficient (Wildman–Crippen LogP) is 4.04. The average Bonchev–Trinajstić information content (AvgIpc) is 2.91. The Balaban J connectivity index is 1.64. The van der Waals surface area contributed by atoms with E-state index in [4.69, 9.17) is 9.47 Å². The number of carbonyl (C=O) groups excluding carboxylic acids is 3. The Morgan fingerprint density at radius 1 is 1.11 bits per heavy atom. The van der Waals surface area contributed by atoms with Crippen LogP contribution in [0.2, 0.25) is 0 Å². The van der Waals surface area contributed by atoms with Gasteiger partial charge in [-0.1, -0.05) is 13.0 Å². The van der Waals surface area contributed by atoms with Crippen LogP contribution in [0.3, 0.4) is 0 Å². The summed E-state index contributed by atoms with van der Waals surface area (Å²) in [5.41, 5.74) is 1.75. The van der Waals surface area contributed by atoms with E-state index in [1.54, 1.807) is 12.1 Å². The molecule has 5 heteroatoms. The van der Waals surface area contributed by atoms with Gasteiger partial charge in [0.05, 0.1) is 0 Å². The van der Waals surface area contributed by atoms with Crippen molar-refractivity contribution >= 4 is 17.7 Å². The summed E-state index contributed by atoms with van der Waals surface area (Å²) < 4.78 is 10.8. The highest BCUT2D eigenvalue weighted by atomic mass is 16.5. The summed E-state index contributed by atoms with van der Waals surface area (Å²) in [5.74, 6) is 0.997. The molecule has 0 aliphatic heterocycles. The number of ether oxygens (including phenoxy) is 2. The summed E-state index contributed by atoms with van der Waals surface area (Å²) in [6.07, 6.45) is 4.36. The lowest BCUT2D eigenvalue weighted by Crippen LogP contribution is -2.45. The second-order valence-electron chi connectivity index (χ2n) is 8.57. The summed E-state index contributed by atoms with van der Waals surface area (Å²) in [7, 11) is 0. The van der Waals surface area contributed by atoms with Gasteiger partial charge in [0.1, 0.15) is 11.9 Å². The molecule has 0 bridgehead atoms. The molecule has 0 aromatic heterocycles. The molecule has 0 saturated heterocycles. The zero-order valence-corrected chi connectivity index (χ0v) is 16.1. The third-order valence-electron chi connectivity index (χ3n) is 7.07. The second-order valence-corrected chi connectivity index (χ2v) is 8.57. The Labute approximate surface area is 159 Å². The maximum absolute atomic E-state index is 12.9. The number of hydrogen-bond acceptors (Lipinski definition) is 5. The van der Waals surface area contributed by atoms with Gasteiger partial charge in [-0.05, 0) is 61.1 Å². The van der Waals surface area contributed by atoms with Gasteiger partial charge < -0.3 is 9.47 Å². The third kappa shape index (κ3) is 2.97. The molecule has 27 heavy (non-hydrogen) atoms. The molecule has 0 radical (unpaired) electrons. The lowest BCUT2D eigenvalue weighted by atomic mass is 9.55. The first kappa shape index (κ1) is 18.2.